The Bertz CT molecular complexity index is 1140. The predicted octanol–water partition coefficient (Wildman–Crippen LogP) is 2.69. The molecule has 0 spiro atoms. The second-order valence-electron chi connectivity index (χ2n) is 7.36. The largest absolute Gasteiger partial charge is 0.351 e. The molecule has 0 saturated heterocycles. The number of hydrogen-bond acceptors (Lipinski definition) is 6. The normalized spacial score (nSPS) is 16.8. The fourth-order valence-electron chi connectivity index (χ4n) is 4.20. The number of hydrogen-bond donors (Lipinski definition) is 0. The molecule has 2 amide bonds. The molecule has 0 unspecified atom stereocenters. The Balaban J connectivity index is 1.58. The summed E-state index contributed by atoms with van der Waals surface area (Å²) in [6.07, 6.45) is 4.33. The Labute approximate surface area is 172 Å². The maximum absolute atomic E-state index is 13.0. The highest BCUT2D eigenvalue weighted by molar-refractivity contribution is 7.17. The third-order valence-corrected chi connectivity index (χ3v) is 6.88. The van der Waals surface area contributed by atoms with Crippen LogP contribution in [0.5, 0.6) is 0 Å². The minimum atomic E-state index is -0.0530. The molecular weight excluding hydrogens is 386 g/mol. The second-order valence-corrected chi connectivity index (χ2v) is 8.44. The zero-order valence-electron chi connectivity index (χ0n) is 16.4. The number of thiophene rings is 1. The smallest absolute Gasteiger partial charge is 0.257 e. The summed E-state index contributed by atoms with van der Waals surface area (Å²) in [7, 11) is 1.70. The zero-order valence-corrected chi connectivity index (χ0v) is 17.2. The van der Waals surface area contributed by atoms with E-state index in [-0.39, 0.29) is 18.4 Å². The number of aromatic nitrogens is 2. The molecule has 3 aromatic rings. The first-order valence-electron chi connectivity index (χ1n) is 9.73. The molecule has 0 aromatic carbocycles. The summed E-state index contributed by atoms with van der Waals surface area (Å²) in [6.45, 7) is 4.09. The van der Waals surface area contributed by atoms with Crippen LogP contribution in [-0.4, -0.2) is 53.4 Å². The van der Waals surface area contributed by atoms with Crippen LogP contribution in [0.2, 0.25) is 0 Å². The maximum Gasteiger partial charge on any atom is 0.257 e. The van der Waals surface area contributed by atoms with Crippen molar-refractivity contribution in [3.63, 3.8) is 0 Å². The average molecular weight is 407 g/mol. The Kier molecular flexibility index (Phi) is 4.24. The lowest BCUT2D eigenvalue weighted by Crippen LogP contribution is -2.37. The molecule has 148 valence electrons. The molecule has 7 nitrogen and oxygen atoms in total. The van der Waals surface area contributed by atoms with E-state index in [0.717, 1.165) is 45.1 Å². The first kappa shape index (κ1) is 18.1. The standard InChI is InChI=1S/C21H21N5O2S/c1-3-26-17(27)12-24(2)20(28)18-14-7-10-25(11-16(14)29-21(18)26)19-13-5-4-8-22-15(13)6-9-23-19/h4-6,8-9H,3,7,10-12H2,1-2H3. The van der Waals surface area contributed by atoms with Gasteiger partial charge < -0.3 is 14.7 Å². The highest BCUT2D eigenvalue weighted by Gasteiger charge is 2.36. The molecule has 5 rings (SSSR count). The highest BCUT2D eigenvalue weighted by atomic mass is 32.1. The summed E-state index contributed by atoms with van der Waals surface area (Å²) in [4.78, 5) is 41.4. The minimum Gasteiger partial charge on any atom is -0.351 e. The fourth-order valence-corrected chi connectivity index (χ4v) is 5.64. The average Bonchev–Trinajstić information content (AvgIpc) is 3.07. The number of carbonyl (C=O) groups excluding carboxylic acids is 2. The molecule has 0 N–H and O–H groups in total. The molecule has 2 aliphatic heterocycles. The molecule has 0 fully saturated rings. The van der Waals surface area contributed by atoms with Gasteiger partial charge in [-0.25, -0.2) is 4.98 Å². The van der Waals surface area contributed by atoms with Crippen molar-refractivity contribution < 1.29 is 9.59 Å². The van der Waals surface area contributed by atoms with E-state index < -0.39 is 0 Å². The molecule has 3 aromatic heterocycles. The van der Waals surface area contributed by atoms with Gasteiger partial charge >= 0.3 is 0 Å². The van der Waals surface area contributed by atoms with E-state index in [4.69, 9.17) is 0 Å². The Hall–Kier alpha value is -3.00. The van der Waals surface area contributed by atoms with Crippen LogP contribution in [0.4, 0.5) is 10.8 Å². The molecule has 8 heteroatoms. The van der Waals surface area contributed by atoms with Gasteiger partial charge in [0.2, 0.25) is 5.91 Å². The third-order valence-electron chi connectivity index (χ3n) is 5.64. The van der Waals surface area contributed by atoms with E-state index in [1.165, 1.54) is 4.90 Å². The number of carbonyl (C=O) groups is 2. The van der Waals surface area contributed by atoms with Crippen molar-refractivity contribution in [3.8, 4) is 0 Å². The molecule has 0 saturated carbocycles. The lowest BCUT2D eigenvalue weighted by atomic mass is 10.0. The fraction of sp³-hybridized carbons (Fsp3) is 0.333. The first-order chi connectivity index (χ1) is 14.1. The van der Waals surface area contributed by atoms with Gasteiger partial charge in [0.1, 0.15) is 17.4 Å². The SMILES string of the molecule is CCN1C(=O)CN(C)C(=O)c2c1sc1c2CCN(c2nccc3ncccc23)C1. The van der Waals surface area contributed by atoms with Gasteiger partial charge in [0.25, 0.3) is 5.91 Å². The van der Waals surface area contributed by atoms with Crippen molar-refractivity contribution in [3.05, 3.63) is 46.6 Å². The number of amides is 2. The van der Waals surface area contributed by atoms with Crippen molar-refractivity contribution in [1.29, 1.82) is 0 Å². The summed E-state index contributed by atoms with van der Waals surface area (Å²) in [5.74, 6) is 0.832. The third kappa shape index (κ3) is 2.78. The molecule has 0 radical (unpaired) electrons. The highest BCUT2D eigenvalue weighted by Crippen LogP contribution is 2.42. The van der Waals surface area contributed by atoms with E-state index in [9.17, 15) is 9.59 Å². The number of fused-ring (bicyclic) bond motifs is 4. The van der Waals surface area contributed by atoms with Gasteiger partial charge in [0, 0.05) is 42.8 Å². The number of rotatable bonds is 2. The van der Waals surface area contributed by atoms with Crippen molar-refractivity contribution in [2.75, 3.05) is 36.5 Å². The molecule has 0 atom stereocenters. The van der Waals surface area contributed by atoms with Gasteiger partial charge in [-0.15, -0.1) is 11.3 Å². The van der Waals surface area contributed by atoms with E-state index in [1.807, 2.05) is 25.1 Å². The number of nitrogens with zero attached hydrogens (tertiary/aromatic N) is 5. The molecule has 5 heterocycles. The lowest BCUT2D eigenvalue weighted by molar-refractivity contribution is -0.118. The van der Waals surface area contributed by atoms with Gasteiger partial charge in [-0.3, -0.25) is 14.6 Å². The molecule has 2 aliphatic rings. The van der Waals surface area contributed by atoms with Crippen LogP contribution in [0, 0.1) is 0 Å². The van der Waals surface area contributed by atoms with Crippen molar-refractivity contribution in [2.45, 2.75) is 19.9 Å². The topological polar surface area (TPSA) is 69.6 Å². The van der Waals surface area contributed by atoms with Crippen molar-refractivity contribution >= 4 is 44.9 Å². The molecular formula is C21H21N5O2S. The van der Waals surface area contributed by atoms with E-state index >= 15 is 0 Å². The summed E-state index contributed by atoms with van der Waals surface area (Å²) in [5, 5.41) is 1.82. The summed E-state index contributed by atoms with van der Waals surface area (Å²) < 4.78 is 0. The number of likely N-dealkylation sites (N-methyl/N-ethyl adjacent to an activating group) is 2. The van der Waals surface area contributed by atoms with Crippen LogP contribution < -0.4 is 9.80 Å². The van der Waals surface area contributed by atoms with Crippen molar-refractivity contribution in [2.24, 2.45) is 0 Å². The quantitative estimate of drug-likeness (QED) is 0.653. The minimum absolute atomic E-state index is 0.0284. The Morgan fingerprint density at radius 2 is 2.00 bits per heavy atom. The van der Waals surface area contributed by atoms with Crippen LogP contribution in [0.15, 0.2) is 30.6 Å². The second kappa shape index (κ2) is 6.81. The maximum atomic E-state index is 13.0. The summed E-state index contributed by atoms with van der Waals surface area (Å²) >= 11 is 1.57. The monoisotopic (exact) mass is 407 g/mol. The van der Waals surface area contributed by atoms with Crippen LogP contribution >= 0.6 is 11.3 Å². The van der Waals surface area contributed by atoms with E-state index in [1.54, 1.807) is 35.7 Å². The zero-order chi connectivity index (χ0) is 20.1. The van der Waals surface area contributed by atoms with Gasteiger partial charge in [-0.05, 0) is 37.1 Å². The van der Waals surface area contributed by atoms with Gasteiger partial charge in [-0.2, -0.15) is 0 Å². The first-order valence-corrected chi connectivity index (χ1v) is 10.5. The van der Waals surface area contributed by atoms with Gasteiger partial charge in [0.05, 0.1) is 17.6 Å². The van der Waals surface area contributed by atoms with Gasteiger partial charge in [0.15, 0.2) is 0 Å². The predicted molar refractivity (Wildman–Crippen MR) is 114 cm³/mol. The van der Waals surface area contributed by atoms with E-state index in [0.29, 0.717) is 18.7 Å². The number of pyridine rings is 2. The van der Waals surface area contributed by atoms with Crippen molar-refractivity contribution in [1.82, 2.24) is 14.9 Å². The molecule has 29 heavy (non-hydrogen) atoms. The number of anilines is 2. The molecule has 0 aliphatic carbocycles. The summed E-state index contributed by atoms with van der Waals surface area (Å²) in [6, 6.07) is 5.88. The van der Waals surface area contributed by atoms with E-state index in [2.05, 4.69) is 14.9 Å². The molecule has 0 bridgehead atoms. The Morgan fingerprint density at radius 3 is 2.83 bits per heavy atom. The van der Waals surface area contributed by atoms with Crippen LogP contribution in [0.1, 0.15) is 27.7 Å². The lowest BCUT2D eigenvalue weighted by Gasteiger charge is -2.29. The Morgan fingerprint density at radius 1 is 1.14 bits per heavy atom. The summed E-state index contributed by atoms with van der Waals surface area (Å²) in [5.41, 5.74) is 2.72. The van der Waals surface area contributed by atoms with Crippen LogP contribution in [-0.2, 0) is 17.8 Å². The van der Waals surface area contributed by atoms with Crippen LogP contribution in [0.25, 0.3) is 10.9 Å². The van der Waals surface area contributed by atoms with Crippen LogP contribution in [0.3, 0.4) is 0 Å². The van der Waals surface area contributed by atoms with Gasteiger partial charge in [-0.1, -0.05) is 0 Å².